The van der Waals surface area contributed by atoms with Crippen LogP contribution in [0.3, 0.4) is 0 Å². The zero-order valence-corrected chi connectivity index (χ0v) is 20.3. The van der Waals surface area contributed by atoms with E-state index in [9.17, 15) is 0 Å². The smallest absolute Gasteiger partial charge is 0.193 e. The Kier molecular flexibility index (Phi) is 9.62. The Morgan fingerprint density at radius 2 is 1.67 bits per heavy atom. The molecule has 0 bridgehead atoms. The van der Waals surface area contributed by atoms with Gasteiger partial charge in [-0.1, -0.05) is 13.8 Å². The molecule has 1 N–H and O–H groups in total. The lowest BCUT2D eigenvalue weighted by Crippen LogP contribution is -2.55. The highest BCUT2D eigenvalue weighted by Gasteiger charge is 2.30. The molecular weight excluding hydrogens is 449 g/mol. The van der Waals surface area contributed by atoms with Gasteiger partial charge < -0.3 is 15.1 Å². The van der Waals surface area contributed by atoms with Crippen molar-refractivity contribution in [2.24, 2.45) is 22.7 Å². The van der Waals surface area contributed by atoms with Crippen molar-refractivity contribution in [1.82, 2.24) is 20.0 Å². The summed E-state index contributed by atoms with van der Waals surface area (Å²) < 4.78 is 0. The molecule has 2 heterocycles. The summed E-state index contributed by atoms with van der Waals surface area (Å²) in [5.74, 6) is 3.71. The molecule has 2 aliphatic heterocycles. The quantitative estimate of drug-likeness (QED) is 0.373. The van der Waals surface area contributed by atoms with Gasteiger partial charge in [-0.15, -0.1) is 24.0 Å². The van der Waals surface area contributed by atoms with E-state index in [0.29, 0.717) is 0 Å². The second-order valence-electron chi connectivity index (χ2n) is 9.18. The summed E-state index contributed by atoms with van der Waals surface area (Å²) in [7, 11) is 4.16. The minimum absolute atomic E-state index is 0. The van der Waals surface area contributed by atoms with Gasteiger partial charge in [-0.25, -0.2) is 0 Å². The highest BCUT2D eigenvalue weighted by molar-refractivity contribution is 14.0. The molecule has 0 aromatic carbocycles. The van der Waals surface area contributed by atoms with Crippen molar-refractivity contribution in [2.75, 3.05) is 59.9 Å². The minimum atomic E-state index is 0. The zero-order chi connectivity index (χ0) is 18.5. The van der Waals surface area contributed by atoms with Crippen molar-refractivity contribution in [3.05, 3.63) is 0 Å². The van der Waals surface area contributed by atoms with Crippen molar-refractivity contribution < 1.29 is 0 Å². The van der Waals surface area contributed by atoms with Crippen LogP contribution in [0.1, 0.15) is 46.0 Å². The highest BCUT2D eigenvalue weighted by Crippen LogP contribution is 2.32. The molecule has 27 heavy (non-hydrogen) atoms. The summed E-state index contributed by atoms with van der Waals surface area (Å²) in [6.45, 7) is 12.9. The number of guanidine groups is 1. The third-order valence-electron chi connectivity index (χ3n) is 7.06. The molecule has 3 aliphatic rings. The Labute approximate surface area is 184 Å². The molecular formula is C21H42IN5. The Bertz CT molecular complexity index is 453. The molecule has 0 amide bonds. The summed E-state index contributed by atoms with van der Waals surface area (Å²) in [4.78, 5) is 12.2. The van der Waals surface area contributed by atoms with E-state index in [1.165, 1.54) is 58.3 Å². The van der Waals surface area contributed by atoms with Gasteiger partial charge >= 0.3 is 0 Å². The van der Waals surface area contributed by atoms with Crippen molar-refractivity contribution in [3.63, 3.8) is 0 Å². The third kappa shape index (κ3) is 6.46. The number of piperazine rings is 1. The predicted molar refractivity (Wildman–Crippen MR) is 126 cm³/mol. The number of nitrogens with zero attached hydrogens (tertiary/aromatic N) is 4. The number of aliphatic imine (C=N–C) groups is 1. The minimum Gasteiger partial charge on any atom is -0.356 e. The van der Waals surface area contributed by atoms with Crippen LogP contribution >= 0.6 is 24.0 Å². The highest BCUT2D eigenvalue weighted by atomic mass is 127. The van der Waals surface area contributed by atoms with E-state index in [0.717, 1.165) is 49.4 Å². The van der Waals surface area contributed by atoms with E-state index in [2.05, 4.69) is 45.9 Å². The maximum atomic E-state index is 4.56. The lowest BCUT2D eigenvalue weighted by Gasteiger charge is -2.43. The first-order valence-electron chi connectivity index (χ1n) is 10.9. The molecule has 1 atom stereocenters. The fourth-order valence-electron chi connectivity index (χ4n) is 5.19. The van der Waals surface area contributed by atoms with Gasteiger partial charge in [0.05, 0.1) is 0 Å². The van der Waals surface area contributed by atoms with Gasteiger partial charge in [0, 0.05) is 52.4 Å². The number of likely N-dealkylation sites (tertiary alicyclic amines) is 1. The summed E-state index contributed by atoms with van der Waals surface area (Å²) in [6.07, 6.45) is 6.99. The van der Waals surface area contributed by atoms with Gasteiger partial charge in [0.25, 0.3) is 0 Å². The van der Waals surface area contributed by atoms with Gasteiger partial charge in [0.2, 0.25) is 0 Å². The van der Waals surface area contributed by atoms with Crippen LogP contribution in [-0.2, 0) is 0 Å². The fraction of sp³-hybridized carbons (Fsp3) is 0.952. The van der Waals surface area contributed by atoms with Crippen molar-refractivity contribution >= 4 is 29.9 Å². The lowest BCUT2D eigenvalue weighted by molar-refractivity contribution is 0.0863. The van der Waals surface area contributed by atoms with E-state index in [4.69, 9.17) is 0 Å². The molecule has 0 spiro atoms. The maximum absolute atomic E-state index is 4.56. The summed E-state index contributed by atoms with van der Waals surface area (Å²) in [5.41, 5.74) is 0. The topological polar surface area (TPSA) is 34.1 Å². The standard InChI is InChI=1S/C21H41N5.HI/c1-17(2)19-5-7-20(8-6-19)25-11-13-26(14-12-25)21(22-3)23-15-18-9-10-24(4)16-18;/h17-20H,5-16H2,1-4H3,(H,22,23);1H. The molecule has 1 unspecified atom stereocenters. The molecule has 0 aromatic rings. The molecule has 1 saturated carbocycles. The van der Waals surface area contributed by atoms with Crippen LogP contribution in [0.4, 0.5) is 0 Å². The van der Waals surface area contributed by atoms with Gasteiger partial charge in [-0.05, 0) is 63.5 Å². The lowest BCUT2D eigenvalue weighted by atomic mass is 9.79. The molecule has 0 radical (unpaired) electrons. The molecule has 6 heteroatoms. The van der Waals surface area contributed by atoms with Crippen LogP contribution in [-0.4, -0.2) is 86.6 Å². The van der Waals surface area contributed by atoms with Crippen molar-refractivity contribution in [2.45, 2.75) is 52.0 Å². The predicted octanol–water partition coefficient (Wildman–Crippen LogP) is 2.96. The first-order chi connectivity index (χ1) is 12.6. The molecule has 1 aliphatic carbocycles. The number of hydrogen-bond acceptors (Lipinski definition) is 3. The zero-order valence-electron chi connectivity index (χ0n) is 18.0. The molecule has 2 saturated heterocycles. The van der Waals surface area contributed by atoms with Gasteiger partial charge in [0.15, 0.2) is 5.96 Å². The average molecular weight is 492 g/mol. The number of hydrogen-bond donors (Lipinski definition) is 1. The van der Waals surface area contributed by atoms with Crippen LogP contribution in [0.2, 0.25) is 0 Å². The van der Waals surface area contributed by atoms with Gasteiger partial charge in [0.1, 0.15) is 0 Å². The normalized spacial score (nSPS) is 31.2. The number of halogens is 1. The van der Waals surface area contributed by atoms with E-state index in [-0.39, 0.29) is 24.0 Å². The maximum Gasteiger partial charge on any atom is 0.193 e. The fourth-order valence-corrected chi connectivity index (χ4v) is 5.19. The summed E-state index contributed by atoms with van der Waals surface area (Å²) in [6, 6.07) is 0.830. The Balaban J connectivity index is 0.00000261. The summed E-state index contributed by atoms with van der Waals surface area (Å²) >= 11 is 0. The van der Waals surface area contributed by atoms with Crippen molar-refractivity contribution in [3.8, 4) is 0 Å². The number of rotatable bonds is 4. The van der Waals surface area contributed by atoms with Crippen LogP contribution in [0, 0.1) is 17.8 Å². The van der Waals surface area contributed by atoms with E-state index in [1.807, 2.05) is 7.05 Å². The molecule has 5 nitrogen and oxygen atoms in total. The monoisotopic (exact) mass is 491 g/mol. The van der Waals surface area contributed by atoms with Crippen LogP contribution in [0.15, 0.2) is 4.99 Å². The molecule has 3 fully saturated rings. The largest absolute Gasteiger partial charge is 0.356 e. The Hall–Kier alpha value is -0.0800. The van der Waals surface area contributed by atoms with E-state index >= 15 is 0 Å². The second-order valence-corrected chi connectivity index (χ2v) is 9.18. The number of nitrogens with one attached hydrogen (secondary N) is 1. The second kappa shape index (κ2) is 11.2. The SMILES string of the molecule is CN=C(NCC1CCN(C)C1)N1CCN(C2CCC(C(C)C)CC2)CC1.I. The first-order valence-corrected chi connectivity index (χ1v) is 10.9. The molecule has 0 aromatic heterocycles. The molecule has 3 rings (SSSR count). The van der Waals surface area contributed by atoms with E-state index < -0.39 is 0 Å². The van der Waals surface area contributed by atoms with Crippen LogP contribution in [0.25, 0.3) is 0 Å². The third-order valence-corrected chi connectivity index (χ3v) is 7.06. The van der Waals surface area contributed by atoms with Crippen LogP contribution in [0.5, 0.6) is 0 Å². The Morgan fingerprint density at radius 3 is 2.19 bits per heavy atom. The van der Waals surface area contributed by atoms with E-state index in [1.54, 1.807) is 0 Å². The van der Waals surface area contributed by atoms with Crippen LogP contribution < -0.4 is 5.32 Å². The van der Waals surface area contributed by atoms with Gasteiger partial charge in [-0.2, -0.15) is 0 Å². The first kappa shape index (κ1) is 23.2. The average Bonchev–Trinajstić information content (AvgIpc) is 3.08. The van der Waals surface area contributed by atoms with Gasteiger partial charge in [-0.3, -0.25) is 9.89 Å². The Morgan fingerprint density at radius 1 is 1.00 bits per heavy atom. The van der Waals surface area contributed by atoms with Crippen molar-refractivity contribution in [1.29, 1.82) is 0 Å². The molecule has 158 valence electrons. The summed E-state index contributed by atoms with van der Waals surface area (Å²) in [5, 5.41) is 3.64.